The summed E-state index contributed by atoms with van der Waals surface area (Å²) in [6.07, 6.45) is 2.57. The summed E-state index contributed by atoms with van der Waals surface area (Å²) < 4.78 is 16.0. The Morgan fingerprint density at radius 3 is 2.62 bits per heavy atom. The lowest BCUT2D eigenvalue weighted by Crippen LogP contribution is -2.23. The van der Waals surface area contributed by atoms with E-state index in [-0.39, 0.29) is 41.4 Å². The van der Waals surface area contributed by atoms with Gasteiger partial charge in [-0.05, 0) is 55.0 Å². The molecule has 0 unspecified atom stereocenters. The number of aromatic carboxylic acids is 1. The van der Waals surface area contributed by atoms with Crippen LogP contribution < -0.4 is 0 Å². The van der Waals surface area contributed by atoms with E-state index in [2.05, 4.69) is 5.10 Å². The molecule has 0 spiro atoms. The summed E-state index contributed by atoms with van der Waals surface area (Å²) in [6.45, 7) is 0. The summed E-state index contributed by atoms with van der Waals surface area (Å²) in [4.78, 5) is 37.0. The number of Topliss-reactive ketones (excluding diaryl/α,β-unsaturated/α-hetero) is 1. The molecule has 2 aliphatic carbocycles. The molecule has 0 amide bonds. The minimum atomic E-state index is -1.24. The molecule has 0 aliphatic heterocycles. The molecule has 1 N–H and O–H groups in total. The molecular weight excluding hydrogens is 435 g/mol. The summed E-state index contributed by atoms with van der Waals surface area (Å²) in [5.41, 5.74) is 2.42. The van der Waals surface area contributed by atoms with E-state index in [0.717, 1.165) is 24.5 Å². The Morgan fingerprint density at radius 2 is 1.94 bits per heavy atom. The van der Waals surface area contributed by atoms with Crippen molar-refractivity contribution in [3.05, 3.63) is 75.2 Å². The molecule has 0 bridgehead atoms. The molecule has 0 atom stereocenters. The van der Waals surface area contributed by atoms with Gasteiger partial charge in [0.1, 0.15) is 11.6 Å². The Bertz CT molecular complexity index is 1310. The fourth-order valence-corrected chi connectivity index (χ4v) is 4.56. The number of carboxylic acid groups (broad SMARTS) is 1. The highest BCUT2D eigenvalue weighted by Crippen LogP contribution is 2.43. The van der Waals surface area contributed by atoms with Crippen molar-refractivity contribution in [3.8, 4) is 11.3 Å². The molecule has 1 saturated carbocycles. The predicted octanol–water partition coefficient (Wildman–Crippen LogP) is 4.66. The monoisotopic (exact) mass is 452 g/mol. The van der Waals surface area contributed by atoms with Crippen LogP contribution in [0.2, 0.25) is 5.02 Å². The van der Waals surface area contributed by atoms with Crippen molar-refractivity contribution < 1.29 is 23.9 Å². The van der Waals surface area contributed by atoms with Crippen LogP contribution in [0.3, 0.4) is 0 Å². The highest BCUT2D eigenvalue weighted by Gasteiger charge is 2.34. The zero-order chi connectivity index (χ0) is 22.6. The van der Waals surface area contributed by atoms with Crippen molar-refractivity contribution in [3.63, 3.8) is 0 Å². The zero-order valence-corrected chi connectivity index (χ0v) is 17.7. The molecular formula is C24H18ClFN2O4. The number of hydrogen-bond donors (Lipinski definition) is 1. The van der Waals surface area contributed by atoms with E-state index in [0.29, 0.717) is 28.3 Å². The summed E-state index contributed by atoms with van der Waals surface area (Å²) >= 11 is 6.41. The van der Waals surface area contributed by atoms with E-state index in [4.69, 9.17) is 16.7 Å². The van der Waals surface area contributed by atoms with Gasteiger partial charge in [-0.2, -0.15) is 9.78 Å². The molecule has 162 valence electrons. The van der Waals surface area contributed by atoms with Gasteiger partial charge in [-0.1, -0.05) is 23.7 Å². The first kappa shape index (κ1) is 20.6. The van der Waals surface area contributed by atoms with Crippen LogP contribution in [0.1, 0.15) is 62.7 Å². The second-order valence-corrected chi connectivity index (χ2v) is 8.59. The highest BCUT2D eigenvalue weighted by atomic mass is 35.5. The second-order valence-electron chi connectivity index (χ2n) is 8.18. The molecule has 2 aromatic carbocycles. The van der Waals surface area contributed by atoms with Crippen LogP contribution in [-0.2, 0) is 17.6 Å². The van der Waals surface area contributed by atoms with E-state index in [1.807, 2.05) is 6.07 Å². The largest absolute Gasteiger partial charge is 0.478 e. The molecule has 1 fully saturated rings. The van der Waals surface area contributed by atoms with Crippen LogP contribution in [-0.4, -0.2) is 32.5 Å². The molecule has 6 nitrogen and oxygen atoms in total. The van der Waals surface area contributed by atoms with Gasteiger partial charge in [0.15, 0.2) is 0 Å². The maximum atomic E-state index is 14.8. The maximum Gasteiger partial charge on any atom is 0.335 e. The fourth-order valence-electron chi connectivity index (χ4n) is 4.30. The third-order valence-electron chi connectivity index (χ3n) is 6.05. The fraction of sp³-hybridized carbons (Fsp3) is 0.250. The zero-order valence-electron chi connectivity index (χ0n) is 16.9. The summed E-state index contributed by atoms with van der Waals surface area (Å²) in [5.74, 6) is -2.20. The van der Waals surface area contributed by atoms with E-state index in [1.54, 1.807) is 12.1 Å². The quantitative estimate of drug-likeness (QED) is 0.621. The molecule has 8 heteroatoms. The van der Waals surface area contributed by atoms with Gasteiger partial charge < -0.3 is 5.11 Å². The standard InChI is InChI=1S/C24H18ClFN2O4/c25-18-3-1-2-15(12-4-5-12)21(18)23(30)28-20-11-14(29)7-9-17(20)22(27-28)16-8-6-13(24(31)32)10-19(16)26/h1-3,6,8,10,12H,4-5,7,9,11H2,(H,31,32). The van der Waals surface area contributed by atoms with Crippen LogP contribution in [0.25, 0.3) is 11.3 Å². The highest BCUT2D eigenvalue weighted by molar-refractivity contribution is 6.34. The number of halogens is 2. The van der Waals surface area contributed by atoms with Crippen molar-refractivity contribution in [1.82, 2.24) is 9.78 Å². The van der Waals surface area contributed by atoms with Gasteiger partial charge in [-0.3, -0.25) is 9.59 Å². The van der Waals surface area contributed by atoms with Crippen molar-refractivity contribution in [2.45, 2.75) is 38.0 Å². The average Bonchev–Trinajstić information content (AvgIpc) is 3.54. The number of aromatic nitrogens is 2. The van der Waals surface area contributed by atoms with Gasteiger partial charge in [0.25, 0.3) is 5.91 Å². The Hall–Kier alpha value is -3.32. The number of benzene rings is 2. The number of fused-ring (bicyclic) bond motifs is 1. The molecule has 32 heavy (non-hydrogen) atoms. The average molecular weight is 453 g/mol. The Labute approximate surface area is 187 Å². The first-order valence-corrected chi connectivity index (χ1v) is 10.7. The van der Waals surface area contributed by atoms with Crippen molar-refractivity contribution in [2.75, 3.05) is 0 Å². The number of carboxylic acids is 1. The molecule has 3 aromatic rings. The van der Waals surface area contributed by atoms with Crippen LogP contribution in [0, 0.1) is 5.82 Å². The Morgan fingerprint density at radius 1 is 1.16 bits per heavy atom. The molecule has 5 rings (SSSR count). The lowest BCUT2D eigenvalue weighted by atomic mass is 9.92. The van der Waals surface area contributed by atoms with Gasteiger partial charge in [-0.25, -0.2) is 9.18 Å². The lowest BCUT2D eigenvalue weighted by Gasteiger charge is -2.15. The van der Waals surface area contributed by atoms with Crippen molar-refractivity contribution in [1.29, 1.82) is 0 Å². The molecule has 1 aromatic heterocycles. The Balaban J connectivity index is 1.67. The van der Waals surface area contributed by atoms with E-state index < -0.39 is 17.7 Å². The van der Waals surface area contributed by atoms with Gasteiger partial charge in [0.2, 0.25) is 0 Å². The van der Waals surface area contributed by atoms with Crippen LogP contribution in [0.5, 0.6) is 0 Å². The molecule has 0 radical (unpaired) electrons. The van der Waals surface area contributed by atoms with Gasteiger partial charge in [0, 0.05) is 24.0 Å². The van der Waals surface area contributed by atoms with E-state index in [1.165, 1.54) is 16.8 Å². The predicted molar refractivity (Wildman–Crippen MR) is 115 cm³/mol. The summed E-state index contributed by atoms with van der Waals surface area (Å²) in [7, 11) is 0. The minimum absolute atomic E-state index is 0.0200. The van der Waals surface area contributed by atoms with Gasteiger partial charge in [-0.15, -0.1) is 0 Å². The molecule has 1 heterocycles. The third-order valence-corrected chi connectivity index (χ3v) is 6.36. The second kappa shape index (κ2) is 7.67. The van der Waals surface area contributed by atoms with Gasteiger partial charge >= 0.3 is 5.97 Å². The smallest absolute Gasteiger partial charge is 0.335 e. The summed E-state index contributed by atoms with van der Waals surface area (Å²) in [6, 6.07) is 8.90. The number of carbonyl (C=O) groups is 3. The first-order chi connectivity index (χ1) is 15.3. The van der Waals surface area contributed by atoms with Gasteiger partial charge in [0.05, 0.1) is 27.5 Å². The number of rotatable bonds is 4. The summed E-state index contributed by atoms with van der Waals surface area (Å²) in [5, 5.41) is 13.9. The minimum Gasteiger partial charge on any atom is -0.478 e. The van der Waals surface area contributed by atoms with Crippen LogP contribution >= 0.6 is 11.6 Å². The van der Waals surface area contributed by atoms with Crippen LogP contribution in [0.4, 0.5) is 4.39 Å². The van der Waals surface area contributed by atoms with Crippen molar-refractivity contribution in [2.24, 2.45) is 0 Å². The Kier molecular flexibility index (Phi) is 4.93. The maximum absolute atomic E-state index is 14.8. The normalized spacial score (nSPS) is 15.5. The van der Waals surface area contributed by atoms with E-state index >= 15 is 0 Å². The van der Waals surface area contributed by atoms with Crippen LogP contribution in [0.15, 0.2) is 36.4 Å². The SMILES string of the molecule is O=C1CCc2c(-c3ccc(C(=O)O)cc3F)nn(C(=O)c3c(Cl)cccc3C3CC3)c2C1. The molecule has 0 saturated heterocycles. The first-order valence-electron chi connectivity index (χ1n) is 10.3. The molecule has 2 aliphatic rings. The number of carbonyl (C=O) groups excluding carboxylic acids is 2. The number of hydrogen-bond acceptors (Lipinski definition) is 4. The van der Waals surface area contributed by atoms with E-state index in [9.17, 15) is 18.8 Å². The lowest BCUT2D eigenvalue weighted by molar-refractivity contribution is -0.118. The third kappa shape index (κ3) is 3.42. The number of nitrogens with zero attached hydrogens (tertiary/aromatic N) is 2. The number of ketones is 1. The van der Waals surface area contributed by atoms with Crippen molar-refractivity contribution >= 4 is 29.3 Å². The topological polar surface area (TPSA) is 89.3 Å².